The summed E-state index contributed by atoms with van der Waals surface area (Å²) >= 11 is 3.43. The van der Waals surface area contributed by atoms with Gasteiger partial charge in [-0.05, 0) is 67.8 Å². The number of hydrogen-bond acceptors (Lipinski definition) is 5. The molecule has 6 heteroatoms. The first-order chi connectivity index (χ1) is 14.0. The molecule has 152 valence electrons. The van der Waals surface area contributed by atoms with Gasteiger partial charge in [0.15, 0.2) is 0 Å². The molecule has 0 aliphatic carbocycles. The smallest absolute Gasteiger partial charge is 0.305 e. The van der Waals surface area contributed by atoms with Crippen LogP contribution in [0.25, 0.3) is 11.5 Å². The lowest BCUT2D eigenvalue weighted by molar-refractivity contribution is -0.140. The molecule has 2 aromatic carbocycles. The molecule has 0 saturated heterocycles. The number of rotatable bonds is 8. The maximum absolute atomic E-state index is 11.3. The molecule has 0 aliphatic heterocycles. The second-order valence-corrected chi connectivity index (χ2v) is 7.71. The predicted octanol–water partition coefficient (Wildman–Crippen LogP) is 5.45. The molecule has 3 rings (SSSR count). The monoisotopic (exact) mass is 457 g/mol. The highest BCUT2D eigenvalue weighted by atomic mass is 79.9. The van der Waals surface area contributed by atoms with Gasteiger partial charge in [-0.15, -0.1) is 0 Å². The molecule has 5 nitrogen and oxygen atoms in total. The minimum absolute atomic E-state index is 0.199. The van der Waals surface area contributed by atoms with Crippen LogP contribution in [0.4, 0.5) is 0 Å². The Morgan fingerprint density at radius 2 is 1.86 bits per heavy atom. The molecule has 29 heavy (non-hydrogen) atoms. The molecule has 0 atom stereocenters. The Labute approximate surface area is 179 Å². The van der Waals surface area contributed by atoms with Crippen LogP contribution in [-0.2, 0) is 22.4 Å². The first-order valence-electron chi connectivity index (χ1n) is 9.47. The number of oxazole rings is 1. The van der Waals surface area contributed by atoms with Crippen LogP contribution in [0, 0.1) is 13.8 Å². The molecular formula is C23H24BrNO4. The molecule has 0 unspecified atom stereocenters. The van der Waals surface area contributed by atoms with Crippen molar-refractivity contribution in [3.8, 4) is 17.2 Å². The Balaban J connectivity index is 1.56. The van der Waals surface area contributed by atoms with Gasteiger partial charge in [-0.25, -0.2) is 4.98 Å². The summed E-state index contributed by atoms with van der Waals surface area (Å²) in [7, 11) is 1.41. The summed E-state index contributed by atoms with van der Waals surface area (Å²) in [6.45, 7) is 4.45. The minimum atomic E-state index is -0.199. The van der Waals surface area contributed by atoms with Crippen molar-refractivity contribution in [3.05, 3.63) is 69.5 Å². The van der Waals surface area contributed by atoms with Gasteiger partial charge >= 0.3 is 5.97 Å². The first-order valence-corrected chi connectivity index (χ1v) is 10.3. The van der Waals surface area contributed by atoms with Crippen molar-refractivity contribution in [3.63, 3.8) is 0 Å². The molecular weight excluding hydrogens is 434 g/mol. The van der Waals surface area contributed by atoms with Gasteiger partial charge in [0.05, 0.1) is 19.4 Å². The second-order valence-electron chi connectivity index (χ2n) is 6.79. The molecule has 0 fully saturated rings. The fraction of sp³-hybridized carbons (Fsp3) is 0.304. The van der Waals surface area contributed by atoms with Crippen molar-refractivity contribution in [2.45, 2.75) is 33.1 Å². The van der Waals surface area contributed by atoms with Crippen LogP contribution in [0.2, 0.25) is 0 Å². The quantitative estimate of drug-likeness (QED) is 0.421. The largest absolute Gasteiger partial charge is 0.493 e. The van der Waals surface area contributed by atoms with Gasteiger partial charge in [0.1, 0.15) is 11.5 Å². The van der Waals surface area contributed by atoms with E-state index in [0.29, 0.717) is 31.8 Å². The van der Waals surface area contributed by atoms with Crippen LogP contribution in [0.15, 0.2) is 51.4 Å². The van der Waals surface area contributed by atoms with Gasteiger partial charge in [0.25, 0.3) is 0 Å². The molecule has 0 radical (unpaired) electrons. The molecule has 0 bridgehead atoms. The van der Waals surface area contributed by atoms with Crippen LogP contribution in [0.3, 0.4) is 0 Å². The summed E-state index contributed by atoms with van der Waals surface area (Å²) in [5, 5.41) is 0. The van der Waals surface area contributed by atoms with E-state index in [9.17, 15) is 4.79 Å². The average molecular weight is 458 g/mol. The van der Waals surface area contributed by atoms with E-state index in [4.69, 9.17) is 13.9 Å². The summed E-state index contributed by atoms with van der Waals surface area (Å²) in [6.07, 6.45) is 1.70. The Hall–Kier alpha value is -2.60. The number of ether oxygens (including phenoxy) is 2. The molecule has 0 amide bonds. The van der Waals surface area contributed by atoms with Crippen molar-refractivity contribution in [2.75, 3.05) is 13.7 Å². The van der Waals surface area contributed by atoms with Crippen molar-refractivity contribution in [2.24, 2.45) is 0 Å². The minimum Gasteiger partial charge on any atom is -0.493 e. The highest BCUT2D eigenvalue weighted by Gasteiger charge is 2.12. The first kappa shape index (κ1) is 21.1. The summed E-state index contributed by atoms with van der Waals surface area (Å²) in [6, 6.07) is 13.8. The number of aromatic nitrogens is 1. The zero-order chi connectivity index (χ0) is 20.8. The van der Waals surface area contributed by atoms with Gasteiger partial charge in [0, 0.05) is 22.9 Å². The number of aryl methyl sites for hydroxylation is 3. The lowest BCUT2D eigenvalue weighted by Crippen LogP contribution is -2.04. The van der Waals surface area contributed by atoms with E-state index >= 15 is 0 Å². The molecule has 0 aliphatic rings. The van der Waals surface area contributed by atoms with Crippen molar-refractivity contribution < 1.29 is 18.7 Å². The molecule has 0 N–H and O–H groups in total. The Bertz CT molecular complexity index is 979. The zero-order valence-electron chi connectivity index (χ0n) is 16.8. The van der Waals surface area contributed by atoms with E-state index in [0.717, 1.165) is 38.4 Å². The fourth-order valence-electron chi connectivity index (χ4n) is 3.02. The summed E-state index contributed by atoms with van der Waals surface area (Å²) in [5.74, 6) is 2.03. The zero-order valence-corrected chi connectivity index (χ0v) is 18.4. The van der Waals surface area contributed by atoms with Crippen LogP contribution >= 0.6 is 15.9 Å². The third-order valence-corrected chi connectivity index (χ3v) is 5.26. The number of benzene rings is 2. The standard InChI is InChI=1S/C23H24BrNO4/c1-15-14-20(10-6-17(15)7-11-22(26)27-3)28-13-12-21-16(2)29-23(25-21)18-4-8-19(24)9-5-18/h4-6,8-10,14H,7,11-13H2,1-3H3. The average Bonchev–Trinajstić information content (AvgIpc) is 3.08. The fourth-order valence-corrected chi connectivity index (χ4v) is 3.28. The normalized spacial score (nSPS) is 10.8. The van der Waals surface area contributed by atoms with E-state index in [1.54, 1.807) is 0 Å². The number of nitrogens with zero attached hydrogens (tertiary/aromatic N) is 1. The second kappa shape index (κ2) is 9.74. The van der Waals surface area contributed by atoms with E-state index in [-0.39, 0.29) is 5.97 Å². The van der Waals surface area contributed by atoms with Gasteiger partial charge in [-0.3, -0.25) is 4.79 Å². The third kappa shape index (κ3) is 5.70. The Morgan fingerprint density at radius 3 is 2.55 bits per heavy atom. The van der Waals surface area contributed by atoms with Crippen LogP contribution < -0.4 is 4.74 Å². The topological polar surface area (TPSA) is 61.6 Å². The lowest BCUT2D eigenvalue weighted by Gasteiger charge is -2.10. The SMILES string of the molecule is COC(=O)CCc1ccc(OCCc2nc(-c3ccc(Br)cc3)oc2C)cc1C. The number of methoxy groups -OCH3 is 1. The molecule has 3 aromatic rings. The Kier molecular flexibility index (Phi) is 7.09. The number of carbonyl (C=O) groups is 1. The van der Waals surface area contributed by atoms with Crippen molar-refractivity contribution in [1.82, 2.24) is 4.98 Å². The maximum atomic E-state index is 11.3. The predicted molar refractivity (Wildman–Crippen MR) is 115 cm³/mol. The number of esters is 1. The highest BCUT2D eigenvalue weighted by Crippen LogP contribution is 2.24. The van der Waals surface area contributed by atoms with Gasteiger partial charge in [-0.1, -0.05) is 22.0 Å². The summed E-state index contributed by atoms with van der Waals surface area (Å²) < 4.78 is 17.4. The van der Waals surface area contributed by atoms with Gasteiger partial charge < -0.3 is 13.9 Å². The molecule has 0 saturated carbocycles. The van der Waals surface area contributed by atoms with Crippen molar-refractivity contribution in [1.29, 1.82) is 0 Å². The van der Waals surface area contributed by atoms with Gasteiger partial charge in [-0.2, -0.15) is 0 Å². The number of carbonyl (C=O) groups excluding carboxylic acids is 1. The number of hydrogen-bond donors (Lipinski definition) is 0. The number of halogens is 1. The summed E-state index contributed by atoms with van der Waals surface area (Å²) in [4.78, 5) is 15.9. The van der Waals surface area contributed by atoms with Gasteiger partial charge in [0.2, 0.25) is 5.89 Å². The van der Waals surface area contributed by atoms with Crippen LogP contribution in [0.1, 0.15) is 29.0 Å². The molecule has 1 aromatic heterocycles. The summed E-state index contributed by atoms with van der Waals surface area (Å²) in [5.41, 5.74) is 4.06. The Morgan fingerprint density at radius 1 is 1.10 bits per heavy atom. The molecule has 0 spiro atoms. The molecule has 1 heterocycles. The lowest BCUT2D eigenvalue weighted by atomic mass is 10.0. The van der Waals surface area contributed by atoms with Crippen molar-refractivity contribution >= 4 is 21.9 Å². The third-order valence-electron chi connectivity index (χ3n) is 4.73. The maximum Gasteiger partial charge on any atom is 0.305 e. The van der Waals surface area contributed by atoms with Crippen LogP contribution in [0.5, 0.6) is 5.75 Å². The van der Waals surface area contributed by atoms with E-state index < -0.39 is 0 Å². The van der Waals surface area contributed by atoms with E-state index in [1.165, 1.54) is 7.11 Å². The van der Waals surface area contributed by atoms with Crippen LogP contribution in [-0.4, -0.2) is 24.7 Å². The highest BCUT2D eigenvalue weighted by molar-refractivity contribution is 9.10. The van der Waals surface area contributed by atoms with E-state index in [2.05, 4.69) is 20.9 Å². The van der Waals surface area contributed by atoms with E-state index in [1.807, 2.05) is 56.3 Å².